The third-order valence-corrected chi connectivity index (χ3v) is 4.79. The highest BCUT2D eigenvalue weighted by Gasteiger charge is 2.20. The van der Waals surface area contributed by atoms with E-state index >= 15 is 0 Å². The summed E-state index contributed by atoms with van der Waals surface area (Å²) in [4.78, 5) is 29.6. The average molecular weight is 367 g/mol. The molecule has 0 saturated heterocycles. The van der Waals surface area contributed by atoms with Crippen molar-refractivity contribution in [2.24, 2.45) is 14.1 Å². The van der Waals surface area contributed by atoms with Gasteiger partial charge in [0, 0.05) is 33.4 Å². The fraction of sp³-hybridized carbons (Fsp3) is 0.316. The average Bonchev–Trinajstić information content (AvgIpc) is 3.22. The summed E-state index contributed by atoms with van der Waals surface area (Å²) >= 11 is 0. The minimum atomic E-state index is -0.391. The van der Waals surface area contributed by atoms with Gasteiger partial charge in [0.2, 0.25) is 5.78 Å². The van der Waals surface area contributed by atoms with Gasteiger partial charge in [-0.3, -0.25) is 18.3 Å². The Kier molecular flexibility index (Phi) is 4.19. The summed E-state index contributed by atoms with van der Waals surface area (Å²) in [5.74, 6) is 0.613. The Morgan fingerprint density at radius 3 is 2.52 bits per heavy atom. The van der Waals surface area contributed by atoms with Gasteiger partial charge in [-0.05, 0) is 12.5 Å². The van der Waals surface area contributed by atoms with Crippen molar-refractivity contribution in [2.75, 3.05) is 13.2 Å². The molecule has 3 aromatic heterocycles. The molecule has 27 heavy (non-hydrogen) atoms. The van der Waals surface area contributed by atoms with Gasteiger partial charge in [-0.1, -0.05) is 30.3 Å². The number of ether oxygens (including phenoxy) is 1. The molecule has 4 aromatic rings. The Bertz CT molecular complexity index is 1240. The smallest absolute Gasteiger partial charge is 0.332 e. The van der Waals surface area contributed by atoms with Gasteiger partial charge in [0.15, 0.2) is 11.2 Å². The van der Waals surface area contributed by atoms with Crippen LogP contribution in [0.2, 0.25) is 0 Å². The number of nitrogens with zero attached hydrogens (tertiary/aromatic N) is 5. The van der Waals surface area contributed by atoms with Gasteiger partial charge in [0.25, 0.3) is 5.56 Å². The van der Waals surface area contributed by atoms with Crippen LogP contribution in [0.3, 0.4) is 0 Å². The van der Waals surface area contributed by atoms with Gasteiger partial charge in [-0.2, -0.15) is 4.98 Å². The topological polar surface area (TPSA) is 75.5 Å². The number of hydrogen-bond acceptors (Lipinski definition) is 4. The van der Waals surface area contributed by atoms with Gasteiger partial charge in [0.05, 0.1) is 12.3 Å². The van der Waals surface area contributed by atoms with Crippen molar-refractivity contribution in [2.45, 2.75) is 13.5 Å². The molecule has 0 atom stereocenters. The van der Waals surface area contributed by atoms with E-state index in [-0.39, 0.29) is 5.56 Å². The van der Waals surface area contributed by atoms with Crippen LogP contribution in [0.15, 0.2) is 46.1 Å². The molecule has 0 fully saturated rings. The molecule has 4 rings (SSSR count). The second-order valence-corrected chi connectivity index (χ2v) is 6.39. The van der Waals surface area contributed by atoms with Crippen LogP contribution in [-0.4, -0.2) is 36.3 Å². The molecule has 0 N–H and O–H groups in total. The lowest BCUT2D eigenvalue weighted by molar-refractivity contribution is 0.140. The lowest BCUT2D eigenvalue weighted by Crippen LogP contribution is -2.37. The van der Waals surface area contributed by atoms with Crippen LogP contribution in [-0.2, 0) is 25.4 Å². The van der Waals surface area contributed by atoms with E-state index < -0.39 is 5.69 Å². The molecule has 0 aliphatic carbocycles. The van der Waals surface area contributed by atoms with Crippen molar-refractivity contribution in [1.82, 2.24) is 23.1 Å². The van der Waals surface area contributed by atoms with Gasteiger partial charge < -0.3 is 9.30 Å². The van der Waals surface area contributed by atoms with Crippen molar-refractivity contribution in [1.29, 1.82) is 0 Å². The highest BCUT2D eigenvalue weighted by Crippen LogP contribution is 2.25. The molecular weight excluding hydrogens is 346 g/mol. The fourth-order valence-electron chi connectivity index (χ4n) is 3.38. The number of benzene rings is 1. The second kappa shape index (κ2) is 6.55. The molecule has 8 heteroatoms. The van der Waals surface area contributed by atoms with Crippen LogP contribution in [0.5, 0.6) is 0 Å². The first-order valence-corrected chi connectivity index (χ1v) is 8.85. The molecule has 0 bridgehead atoms. The molecule has 0 amide bonds. The van der Waals surface area contributed by atoms with Crippen molar-refractivity contribution < 1.29 is 4.74 Å². The highest BCUT2D eigenvalue weighted by molar-refractivity contribution is 5.78. The maximum absolute atomic E-state index is 12.7. The van der Waals surface area contributed by atoms with Crippen LogP contribution in [0.4, 0.5) is 0 Å². The molecule has 0 spiro atoms. The molecule has 3 heterocycles. The SMILES string of the molecule is CCOCCn1c(-c2ccccc2)cn2c3c(=O)n(C)c(=O)n(C)c3nc12. The molecule has 0 aliphatic rings. The maximum Gasteiger partial charge on any atom is 0.332 e. The molecule has 0 aliphatic heterocycles. The molecular formula is C19H21N5O3. The molecule has 140 valence electrons. The summed E-state index contributed by atoms with van der Waals surface area (Å²) in [6.45, 7) is 3.70. The van der Waals surface area contributed by atoms with Crippen molar-refractivity contribution in [3.05, 3.63) is 57.4 Å². The summed E-state index contributed by atoms with van der Waals surface area (Å²) in [6, 6.07) is 9.94. The first-order chi connectivity index (χ1) is 13.0. The van der Waals surface area contributed by atoms with Crippen molar-refractivity contribution in [3.8, 4) is 11.3 Å². The van der Waals surface area contributed by atoms with E-state index in [1.165, 1.54) is 11.6 Å². The van der Waals surface area contributed by atoms with E-state index in [0.717, 1.165) is 15.8 Å². The van der Waals surface area contributed by atoms with Crippen LogP contribution in [0.1, 0.15) is 6.92 Å². The van der Waals surface area contributed by atoms with Gasteiger partial charge in [0.1, 0.15) is 0 Å². The number of aryl methyl sites for hydroxylation is 1. The van der Waals surface area contributed by atoms with Crippen molar-refractivity contribution in [3.63, 3.8) is 0 Å². The largest absolute Gasteiger partial charge is 0.380 e. The van der Waals surface area contributed by atoms with Gasteiger partial charge in [-0.15, -0.1) is 0 Å². The quantitative estimate of drug-likeness (QED) is 0.500. The normalized spacial score (nSPS) is 11.7. The summed E-state index contributed by atoms with van der Waals surface area (Å²) in [5, 5.41) is 0. The maximum atomic E-state index is 12.7. The van der Waals surface area contributed by atoms with Crippen LogP contribution in [0.25, 0.3) is 28.2 Å². The van der Waals surface area contributed by atoms with E-state index in [1.807, 2.05) is 48.0 Å². The Labute approximate surface area is 154 Å². The Morgan fingerprint density at radius 2 is 1.81 bits per heavy atom. The Balaban J connectivity index is 2.06. The summed E-state index contributed by atoms with van der Waals surface area (Å²) < 4.78 is 11.8. The summed E-state index contributed by atoms with van der Waals surface area (Å²) in [7, 11) is 3.10. The third kappa shape index (κ3) is 2.60. The Hall–Kier alpha value is -3.13. The zero-order valence-electron chi connectivity index (χ0n) is 15.5. The van der Waals surface area contributed by atoms with E-state index in [2.05, 4.69) is 4.98 Å². The van der Waals surface area contributed by atoms with Crippen LogP contribution in [0, 0.1) is 0 Å². The minimum Gasteiger partial charge on any atom is -0.380 e. The van der Waals surface area contributed by atoms with E-state index in [4.69, 9.17) is 4.74 Å². The number of fused-ring (bicyclic) bond motifs is 3. The predicted molar refractivity (Wildman–Crippen MR) is 103 cm³/mol. The number of hydrogen-bond donors (Lipinski definition) is 0. The van der Waals surface area contributed by atoms with Gasteiger partial charge >= 0.3 is 5.69 Å². The van der Waals surface area contributed by atoms with Crippen LogP contribution >= 0.6 is 0 Å². The molecule has 0 unspecified atom stereocenters. The monoisotopic (exact) mass is 367 g/mol. The lowest BCUT2D eigenvalue weighted by atomic mass is 10.2. The molecule has 0 saturated carbocycles. The zero-order valence-corrected chi connectivity index (χ0v) is 15.5. The molecule has 0 radical (unpaired) electrons. The fourth-order valence-corrected chi connectivity index (χ4v) is 3.38. The van der Waals surface area contributed by atoms with Crippen molar-refractivity contribution >= 4 is 16.9 Å². The summed E-state index contributed by atoms with van der Waals surface area (Å²) in [5.41, 5.74) is 1.98. The van der Waals surface area contributed by atoms with E-state index in [1.54, 1.807) is 11.4 Å². The molecule has 1 aromatic carbocycles. The first-order valence-electron chi connectivity index (χ1n) is 8.85. The summed E-state index contributed by atoms with van der Waals surface area (Å²) in [6.07, 6.45) is 1.90. The zero-order chi connectivity index (χ0) is 19.1. The molecule has 8 nitrogen and oxygen atoms in total. The third-order valence-electron chi connectivity index (χ3n) is 4.79. The van der Waals surface area contributed by atoms with E-state index in [0.29, 0.717) is 36.7 Å². The number of imidazole rings is 2. The first kappa shape index (κ1) is 17.3. The number of aromatic nitrogens is 5. The minimum absolute atomic E-state index is 0.359. The Morgan fingerprint density at radius 1 is 1.07 bits per heavy atom. The lowest BCUT2D eigenvalue weighted by Gasteiger charge is -2.09. The van der Waals surface area contributed by atoms with E-state index in [9.17, 15) is 9.59 Å². The highest BCUT2D eigenvalue weighted by atomic mass is 16.5. The number of rotatable bonds is 5. The van der Waals surface area contributed by atoms with Gasteiger partial charge in [-0.25, -0.2) is 4.79 Å². The second-order valence-electron chi connectivity index (χ2n) is 6.39. The standard InChI is InChI=1S/C19H21N5O3/c1-4-27-11-10-23-14(13-8-6-5-7-9-13)12-24-15-16(20-18(23)24)21(2)19(26)22(3)17(15)25/h5-9,12H,4,10-11H2,1-3H3. The predicted octanol–water partition coefficient (Wildman–Crippen LogP) is 1.39. The van der Waals surface area contributed by atoms with Crippen LogP contribution < -0.4 is 11.2 Å².